The molecule has 2 N–H and O–H groups in total. The lowest BCUT2D eigenvalue weighted by molar-refractivity contribution is 0.0697. The number of benzene rings is 1. The van der Waals surface area contributed by atoms with Gasteiger partial charge >= 0.3 is 5.97 Å². The molecule has 0 aliphatic rings. The zero-order chi connectivity index (χ0) is 12.7. The van der Waals surface area contributed by atoms with E-state index in [1.165, 1.54) is 0 Å². The predicted octanol–water partition coefficient (Wildman–Crippen LogP) is 1.24. The third-order valence-corrected chi connectivity index (χ3v) is 3.66. The maximum Gasteiger partial charge on any atom is 0.335 e. The Hall–Kier alpha value is -1.20. The molecule has 0 aromatic heterocycles. The van der Waals surface area contributed by atoms with E-state index in [-0.39, 0.29) is 0 Å². The van der Waals surface area contributed by atoms with Crippen molar-refractivity contribution in [2.24, 2.45) is 0 Å². The molecule has 0 aliphatic heterocycles. The van der Waals surface area contributed by atoms with Gasteiger partial charge in [-0.15, -0.1) is 0 Å². The van der Waals surface area contributed by atoms with Gasteiger partial charge in [0.1, 0.15) is 0 Å². The Morgan fingerprint density at radius 3 is 2.53 bits per heavy atom. The highest BCUT2D eigenvalue weighted by Gasteiger charge is 2.01. The monoisotopic (exact) mass is 255 g/mol. The minimum Gasteiger partial charge on any atom is -0.478 e. The summed E-state index contributed by atoms with van der Waals surface area (Å²) in [6.07, 6.45) is 0. The number of nitrogens with one attached hydrogen (secondary N) is 1. The van der Waals surface area contributed by atoms with E-state index >= 15 is 0 Å². The first-order chi connectivity index (χ1) is 8.13. The summed E-state index contributed by atoms with van der Waals surface area (Å²) in [5.74, 6) is 0.432. The van der Waals surface area contributed by atoms with E-state index in [0.717, 1.165) is 5.56 Å². The lowest BCUT2D eigenvalue weighted by Crippen LogP contribution is -2.20. The van der Waals surface area contributed by atoms with Crippen molar-refractivity contribution in [2.75, 3.05) is 18.1 Å². The predicted molar refractivity (Wildman–Crippen MR) is 68.7 cm³/mol. The molecule has 0 saturated heterocycles. The zero-order valence-electron chi connectivity index (χ0n) is 9.81. The van der Waals surface area contributed by atoms with Crippen molar-refractivity contribution in [2.45, 2.75) is 13.5 Å². The largest absolute Gasteiger partial charge is 0.478 e. The van der Waals surface area contributed by atoms with Crippen LogP contribution in [0.2, 0.25) is 0 Å². The van der Waals surface area contributed by atoms with Gasteiger partial charge in [-0.05, 0) is 17.7 Å². The molecule has 1 unspecified atom stereocenters. The van der Waals surface area contributed by atoms with Crippen LogP contribution in [0.25, 0.3) is 0 Å². The van der Waals surface area contributed by atoms with Gasteiger partial charge in [0.2, 0.25) is 0 Å². The molecule has 0 fully saturated rings. The van der Waals surface area contributed by atoms with E-state index in [2.05, 4.69) is 5.32 Å². The van der Waals surface area contributed by atoms with E-state index < -0.39 is 16.8 Å². The molecule has 0 bridgehead atoms. The molecule has 0 spiro atoms. The summed E-state index contributed by atoms with van der Waals surface area (Å²) >= 11 is 0. The Morgan fingerprint density at radius 1 is 1.35 bits per heavy atom. The van der Waals surface area contributed by atoms with Crippen molar-refractivity contribution in [3.05, 3.63) is 35.4 Å². The average Bonchev–Trinajstić information content (AvgIpc) is 2.34. The van der Waals surface area contributed by atoms with Gasteiger partial charge in [-0.25, -0.2) is 4.79 Å². The fourth-order valence-electron chi connectivity index (χ4n) is 1.33. The fourth-order valence-corrected chi connectivity index (χ4v) is 1.99. The second-order valence-corrected chi connectivity index (χ2v) is 5.48. The lowest BCUT2D eigenvalue weighted by atomic mass is 10.1. The number of carboxylic acids is 1. The van der Waals surface area contributed by atoms with Crippen molar-refractivity contribution in [3.8, 4) is 0 Å². The van der Waals surface area contributed by atoms with Crippen LogP contribution in [0.1, 0.15) is 22.8 Å². The van der Waals surface area contributed by atoms with Gasteiger partial charge in [-0.2, -0.15) is 0 Å². The van der Waals surface area contributed by atoms with Crippen molar-refractivity contribution in [3.63, 3.8) is 0 Å². The number of hydrogen-bond acceptors (Lipinski definition) is 3. The summed E-state index contributed by atoms with van der Waals surface area (Å²) in [6, 6.07) is 6.74. The second-order valence-electron chi connectivity index (χ2n) is 3.61. The maximum atomic E-state index is 11.1. The van der Waals surface area contributed by atoms with Crippen molar-refractivity contribution in [1.29, 1.82) is 0 Å². The summed E-state index contributed by atoms with van der Waals surface area (Å²) in [7, 11) is -0.735. The van der Waals surface area contributed by atoms with E-state index in [9.17, 15) is 9.00 Å². The molecule has 1 atom stereocenters. The molecule has 17 heavy (non-hydrogen) atoms. The zero-order valence-corrected chi connectivity index (χ0v) is 10.6. The van der Waals surface area contributed by atoms with Crippen LogP contribution in [-0.2, 0) is 17.3 Å². The van der Waals surface area contributed by atoms with Crippen LogP contribution in [0.15, 0.2) is 24.3 Å². The first-order valence-electron chi connectivity index (χ1n) is 5.51. The lowest BCUT2D eigenvalue weighted by Gasteiger charge is -2.04. The summed E-state index contributed by atoms with van der Waals surface area (Å²) < 4.78 is 11.1. The second kappa shape index (κ2) is 7.19. The third-order valence-electron chi connectivity index (χ3n) is 2.36. The highest BCUT2D eigenvalue weighted by atomic mass is 32.2. The standard InChI is InChI=1S/C12H17NO3S/c1-2-17(16)8-7-13-9-10-3-5-11(6-4-10)12(14)15/h3-6,13H,2,7-9H2,1H3,(H,14,15). The molecule has 1 aromatic carbocycles. The molecule has 94 valence electrons. The molecular weight excluding hydrogens is 238 g/mol. The Bertz CT molecular complexity index is 389. The smallest absolute Gasteiger partial charge is 0.335 e. The molecule has 4 nitrogen and oxygen atoms in total. The first kappa shape index (κ1) is 13.9. The summed E-state index contributed by atoms with van der Waals surface area (Å²) in [5.41, 5.74) is 1.32. The Kier molecular flexibility index (Phi) is 5.86. The number of carbonyl (C=O) groups is 1. The van der Waals surface area contributed by atoms with Crippen LogP contribution in [0, 0.1) is 0 Å². The molecule has 0 saturated carbocycles. The van der Waals surface area contributed by atoms with Crippen LogP contribution < -0.4 is 5.32 Å². The number of carboxylic acid groups (broad SMARTS) is 1. The van der Waals surface area contributed by atoms with Crippen LogP contribution in [0.5, 0.6) is 0 Å². The highest BCUT2D eigenvalue weighted by Crippen LogP contribution is 2.03. The van der Waals surface area contributed by atoms with Crippen molar-refractivity contribution in [1.82, 2.24) is 5.32 Å². The minimum atomic E-state index is -0.914. The Morgan fingerprint density at radius 2 is 2.00 bits per heavy atom. The number of rotatable bonds is 7. The van der Waals surface area contributed by atoms with E-state index in [1.807, 2.05) is 6.92 Å². The number of hydrogen-bond donors (Lipinski definition) is 2. The quantitative estimate of drug-likeness (QED) is 0.719. The molecule has 0 aliphatic carbocycles. The van der Waals surface area contributed by atoms with Crippen molar-refractivity contribution >= 4 is 16.8 Å². The van der Waals surface area contributed by atoms with Gasteiger partial charge < -0.3 is 10.4 Å². The molecule has 0 amide bonds. The van der Waals surface area contributed by atoms with Gasteiger partial charge in [0.05, 0.1) is 5.56 Å². The molecule has 1 rings (SSSR count). The first-order valence-corrected chi connectivity index (χ1v) is 7.00. The fraction of sp³-hybridized carbons (Fsp3) is 0.417. The van der Waals surface area contributed by atoms with Gasteiger partial charge in [0, 0.05) is 35.4 Å². The van der Waals surface area contributed by atoms with Gasteiger partial charge in [0.25, 0.3) is 0 Å². The maximum absolute atomic E-state index is 11.1. The van der Waals surface area contributed by atoms with Gasteiger partial charge in [-0.1, -0.05) is 19.1 Å². The summed E-state index contributed by atoms with van der Waals surface area (Å²) in [5, 5.41) is 11.9. The van der Waals surface area contributed by atoms with E-state index in [1.54, 1.807) is 24.3 Å². The molecule has 5 heteroatoms. The molecule has 0 heterocycles. The van der Waals surface area contributed by atoms with Crippen molar-refractivity contribution < 1.29 is 14.1 Å². The Balaban J connectivity index is 2.32. The normalized spacial score (nSPS) is 12.3. The topological polar surface area (TPSA) is 66.4 Å². The SMILES string of the molecule is CCS(=O)CCNCc1ccc(C(=O)O)cc1. The Labute approximate surface area is 104 Å². The highest BCUT2D eigenvalue weighted by molar-refractivity contribution is 7.84. The number of aromatic carboxylic acids is 1. The van der Waals surface area contributed by atoms with Crippen LogP contribution in [0.3, 0.4) is 0 Å². The van der Waals surface area contributed by atoms with Crippen LogP contribution >= 0.6 is 0 Å². The van der Waals surface area contributed by atoms with E-state index in [4.69, 9.17) is 5.11 Å². The molecular formula is C12H17NO3S. The van der Waals surface area contributed by atoms with Gasteiger partial charge in [-0.3, -0.25) is 4.21 Å². The molecule has 1 aromatic rings. The minimum absolute atomic E-state index is 0.292. The van der Waals surface area contributed by atoms with Crippen LogP contribution in [-0.4, -0.2) is 33.3 Å². The molecule has 0 radical (unpaired) electrons. The van der Waals surface area contributed by atoms with E-state index in [0.29, 0.717) is 30.2 Å². The summed E-state index contributed by atoms with van der Waals surface area (Å²) in [6.45, 7) is 3.28. The van der Waals surface area contributed by atoms with Gasteiger partial charge in [0.15, 0.2) is 0 Å². The average molecular weight is 255 g/mol. The summed E-state index contributed by atoms with van der Waals surface area (Å²) in [4.78, 5) is 10.6. The van der Waals surface area contributed by atoms with Crippen LogP contribution in [0.4, 0.5) is 0 Å². The third kappa shape index (κ3) is 5.10.